The average molecular weight is 420 g/mol. The number of fused-ring (bicyclic) bond motifs is 2. The largest absolute Gasteiger partial charge is 0.317 e. The molecule has 0 aliphatic carbocycles. The van der Waals surface area contributed by atoms with E-state index in [0.29, 0.717) is 23.5 Å². The number of piperidine rings is 1. The van der Waals surface area contributed by atoms with E-state index in [9.17, 15) is 9.18 Å². The Labute approximate surface area is 179 Å². The summed E-state index contributed by atoms with van der Waals surface area (Å²) >= 11 is 0. The van der Waals surface area contributed by atoms with Crippen LogP contribution in [0, 0.1) is 13.8 Å². The number of nitrogens with one attached hydrogen (secondary N) is 1. The summed E-state index contributed by atoms with van der Waals surface area (Å²) < 4.78 is 16.7. The van der Waals surface area contributed by atoms with Crippen LogP contribution < -0.4 is 10.9 Å². The molecule has 0 aromatic carbocycles. The summed E-state index contributed by atoms with van der Waals surface area (Å²) in [4.78, 5) is 22.2. The molecule has 0 radical (unpaired) electrons. The molecule has 1 saturated heterocycles. The lowest BCUT2D eigenvalue weighted by molar-refractivity contribution is 0.259. The Kier molecular flexibility index (Phi) is 4.81. The third kappa shape index (κ3) is 3.40. The van der Waals surface area contributed by atoms with Crippen molar-refractivity contribution in [2.75, 3.05) is 19.8 Å². The number of hydrogen-bond acceptors (Lipinski definition) is 5. The Morgan fingerprint density at radius 1 is 1.10 bits per heavy atom. The molecule has 5 rings (SSSR count). The predicted molar refractivity (Wildman–Crippen MR) is 117 cm³/mol. The van der Waals surface area contributed by atoms with E-state index < -0.39 is 0 Å². The van der Waals surface area contributed by atoms with Crippen molar-refractivity contribution in [2.45, 2.75) is 38.5 Å². The zero-order chi connectivity index (χ0) is 21.6. The number of hydrogen-bond donors (Lipinski definition) is 1. The molecular weight excluding hydrogens is 395 g/mol. The predicted octanol–water partition coefficient (Wildman–Crippen LogP) is 3.00. The fraction of sp³-hybridized carbons (Fsp3) is 0.391. The van der Waals surface area contributed by atoms with E-state index in [1.165, 1.54) is 6.07 Å². The van der Waals surface area contributed by atoms with Crippen molar-refractivity contribution in [2.24, 2.45) is 0 Å². The molecule has 0 amide bonds. The Bertz CT molecular complexity index is 1330. The molecule has 160 valence electrons. The highest BCUT2D eigenvalue weighted by molar-refractivity contribution is 5.66. The standard InChI is InChI=1S/C23H25FN6O/c1-15-13-30-20(16(2)26-15)11-19(28-30)18-12-22(31)29-14-17(3-4-21(29)27-18)23(5-8-24)6-9-25-10-7-23/h3-4,11-14,25H,5-10H2,1-2H3. The molecule has 4 aromatic heterocycles. The van der Waals surface area contributed by atoms with Crippen LogP contribution in [0.1, 0.15) is 36.2 Å². The zero-order valence-electron chi connectivity index (χ0n) is 17.7. The Morgan fingerprint density at radius 3 is 2.68 bits per heavy atom. The molecular formula is C23H25FN6O. The lowest BCUT2D eigenvalue weighted by Crippen LogP contribution is -2.40. The number of aryl methyl sites for hydroxylation is 2. The summed E-state index contributed by atoms with van der Waals surface area (Å²) in [5.41, 5.74) is 4.94. The van der Waals surface area contributed by atoms with E-state index in [2.05, 4.69) is 20.4 Å². The number of nitrogens with zero attached hydrogens (tertiary/aromatic N) is 5. The minimum absolute atomic E-state index is 0.172. The van der Waals surface area contributed by atoms with Gasteiger partial charge in [-0.3, -0.25) is 18.6 Å². The van der Waals surface area contributed by atoms with Crippen LogP contribution in [-0.4, -0.2) is 43.7 Å². The smallest absolute Gasteiger partial charge is 0.258 e. The average Bonchev–Trinajstić information content (AvgIpc) is 3.19. The number of alkyl halides is 1. The van der Waals surface area contributed by atoms with Crippen molar-refractivity contribution >= 4 is 11.2 Å². The van der Waals surface area contributed by atoms with Crippen LogP contribution in [0.3, 0.4) is 0 Å². The fourth-order valence-corrected chi connectivity index (χ4v) is 4.73. The summed E-state index contributed by atoms with van der Waals surface area (Å²) in [6.07, 6.45) is 5.88. The first-order valence-electron chi connectivity index (χ1n) is 10.6. The molecule has 1 aliphatic heterocycles. The Morgan fingerprint density at radius 2 is 1.90 bits per heavy atom. The second kappa shape index (κ2) is 7.53. The highest BCUT2D eigenvalue weighted by Crippen LogP contribution is 2.37. The van der Waals surface area contributed by atoms with E-state index >= 15 is 0 Å². The van der Waals surface area contributed by atoms with E-state index in [1.54, 1.807) is 8.92 Å². The molecule has 0 atom stereocenters. The summed E-state index contributed by atoms with van der Waals surface area (Å²) in [6.45, 7) is 5.19. The van der Waals surface area contributed by atoms with Gasteiger partial charge in [-0.2, -0.15) is 5.10 Å². The van der Waals surface area contributed by atoms with Crippen LogP contribution in [0.5, 0.6) is 0 Å². The molecule has 1 fully saturated rings. The lowest BCUT2D eigenvalue weighted by Gasteiger charge is -2.37. The van der Waals surface area contributed by atoms with Gasteiger partial charge in [0.15, 0.2) is 0 Å². The molecule has 7 nitrogen and oxygen atoms in total. The van der Waals surface area contributed by atoms with Gasteiger partial charge in [-0.05, 0) is 63.9 Å². The van der Waals surface area contributed by atoms with E-state index in [-0.39, 0.29) is 17.6 Å². The van der Waals surface area contributed by atoms with Crippen LogP contribution in [0.4, 0.5) is 4.39 Å². The second-order valence-corrected chi connectivity index (χ2v) is 8.42. The maximum Gasteiger partial charge on any atom is 0.258 e. The van der Waals surface area contributed by atoms with Gasteiger partial charge in [-0.25, -0.2) is 9.50 Å². The van der Waals surface area contributed by atoms with E-state index in [4.69, 9.17) is 0 Å². The van der Waals surface area contributed by atoms with Crippen LogP contribution in [0.2, 0.25) is 0 Å². The molecule has 4 aromatic rings. The Hall–Kier alpha value is -3.13. The molecule has 5 heterocycles. The molecule has 0 unspecified atom stereocenters. The van der Waals surface area contributed by atoms with Crippen molar-refractivity contribution in [3.63, 3.8) is 0 Å². The monoisotopic (exact) mass is 420 g/mol. The molecule has 8 heteroatoms. The van der Waals surface area contributed by atoms with Crippen LogP contribution in [0.15, 0.2) is 41.5 Å². The lowest BCUT2D eigenvalue weighted by atomic mass is 9.71. The summed E-state index contributed by atoms with van der Waals surface area (Å²) in [5, 5.41) is 7.94. The van der Waals surface area contributed by atoms with Gasteiger partial charge in [0.05, 0.1) is 35.5 Å². The maximum absolute atomic E-state index is 13.4. The first-order chi connectivity index (χ1) is 15.0. The van der Waals surface area contributed by atoms with E-state index in [1.807, 2.05) is 44.4 Å². The van der Waals surface area contributed by atoms with Gasteiger partial charge in [0.2, 0.25) is 0 Å². The van der Waals surface area contributed by atoms with E-state index in [0.717, 1.165) is 48.4 Å². The SMILES string of the molecule is Cc1cn2nc(-c3cc(=O)n4cc(C5(CCF)CCNCC5)ccc4n3)cc2c(C)n1. The molecule has 1 aliphatic rings. The van der Waals surface area contributed by atoms with Crippen LogP contribution in [-0.2, 0) is 5.41 Å². The third-order valence-corrected chi connectivity index (χ3v) is 6.43. The van der Waals surface area contributed by atoms with Gasteiger partial charge in [0, 0.05) is 17.7 Å². The normalized spacial score (nSPS) is 16.2. The molecule has 0 bridgehead atoms. The highest BCUT2D eigenvalue weighted by atomic mass is 19.1. The van der Waals surface area contributed by atoms with Gasteiger partial charge in [0.1, 0.15) is 11.3 Å². The number of halogens is 1. The highest BCUT2D eigenvalue weighted by Gasteiger charge is 2.34. The number of pyridine rings is 1. The van der Waals surface area contributed by atoms with Crippen molar-refractivity contribution in [3.8, 4) is 11.4 Å². The van der Waals surface area contributed by atoms with Crippen molar-refractivity contribution in [1.29, 1.82) is 0 Å². The second-order valence-electron chi connectivity index (χ2n) is 8.42. The van der Waals surface area contributed by atoms with Crippen LogP contribution >= 0.6 is 0 Å². The number of rotatable bonds is 4. The fourth-order valence-electron chi connectivity index (χ4n) is 4.73. The minimum atomic E-state index is -0.369. The quantitative estimate of drug-likeness (QED) is 0.549. The first kappa shape index (κ1) is 19.8. The van der Waals surface area contributed by atoms with Crippen molar-refractivity contribution in [1.82, 2.24) is 29.3 Å². The van der Waals surface area contributed by atoms with Gasteiger partial charge < -0.3 is 5.32 Å². The molecule has 0 spiro atoms. The topological polar surface area (TPSA) is 76.6 Å². The third-order valence-electron chi connectivity index (χ3n) is 6.43. The van der Waals surface area contributed by atoms with Gasteiger partial charge in [-0.1, -0.05) is 6.07 Å². The molecule has 1 N–H and O–H groups in total. The first-order valence-corrected chi connectivity index (χ1v) is 10.6. The Balaban J connectivity index is 1.60. The minimum Gasteiger partial charge on any atom is -0.317 e. The maximum atomic E-state index is 13.4. The van der Waals surface area contributed by atoms with Gasteiger partial charge in [-0.15, -0.1) is 0 Å². The van der Waals surface area contributed by atoms with Gasteiger partial charge >= 0.3 is 0 Å². The van der Waals surface area contributed by atoms with Crippen LogP contribution in [0.25, 0.3) is 22.6 Å². The summed E-state index contributed by atoms with van der Waals surface area (Å²) in [5.74, 6) is 0. The molecule has 31 heavy (non-hydrogen) atoms. The zero-order valence-corrected chi connectivity index (χ0v) is 17.7. The molecule has 0 saturated carbocycles. The summed E-state index contributed by atoms with van der Waals surface area (Å²) in [6, 6.07) is 7.26. The number of aromatic nitrogens is 5. The van der Waals surface area contributed by atoms with Crippen molar-refractivity contribution < 1.29 is 4.39 Å². The summed E-state index contributed by atoms with van der Waals surface area (Å²) in [7, 11) is 0. The van der Waals surface area contributed by atoms with Crippen molar-refractivity contribution in [3.05, 3.63) is 64.0 Å². The van der Waals surface area contributed by atoms with Gasteiger partial charge in [0.25, 0.3) is 5.56 Å².